The minimum Gasteiger partial charge on any atom is -0.382 e. The number of anilines is 2. The van der Waals surface area contributed by atoms with E-state index in [9.17, 15) is 4.79 Å². The molecular weight excluding hydrogens is 308 g/mol. The maximum Gasteiger partial charge on any atom is 0.234 e. The first-order valence-corrected chi connectivity index (χ1v) is 8.40. The van der Waals surface area contributed by atoms with Gasteiger partial charge in [0.05, 0.1) is 5.92 Å². The molecule has 23 heavy (non-hydrogen) atoms. The molecule has 1 heterocycles. The SMILES string of the molecule is CCN(C(=O)C1CC(C)Nc2ccccc21)c1ccc(Cl)cc1. The number of halogens is 1. The fraction of sp³-hybridized carbons (Fsp3) is 0.316. The minimum absolute atomic E-state index is 0.113. The zero-order chi connectivity index (χ0) is 16.4. The maximum atomic E-state index is 13.2. The molecule has 3 nitrogen and oxygen atoms in total. The number of hydrogen-bond acceptors (Lipinski definition) is 2. The zero-order valence-electron chi connectivity index (χ0n) is 13.4. The number of likely N-dealkylation sites (N-methyl/N-ethyl adjacent to an activating group) is 1. The zero-order valence-corrected chi connectivity index (χ0v) is 14.2. The van der Waals surface area contributed by atoms with Crippen molar-refractivity contribution >= 4 is 28.9 Å². The molecule has 120 valence electrons. The summed E-state index contributed by atoms with van der Waals surface area (Å²) < 4.78 is 0. The van der Waals surface area contributed by atoms with E-state index in [-0.39, 0.29) is 17.9 Å². The molecule has 1 N–H and O–H groups in total. The minimum atomic E-state index is -0.113. The fourth-order valence-electron chi connectivity index (χ4n) is 3.25. The highest BCUT2D eigenvalue weighted by molar-refractivity contribution is 6.30. The molecule has 0 saturated carbocycles. The molecule has 2 aromatic rings. The largest absolute Gasteiger partial charge is 0.382 e. The Morgan fingerprint density at radius 2 is 1.91 bits per heavy atom. The van der Waals surface area contributed by atoms with E-state index in [4.69, 9.17) is 11.6 Å². The lowest BCUT2D eigenvalue weighted by atomic mass is 9.86. The van der Waals surface area contributed by atoms with Crippen LogP contribution in [0.3, 0.4) is 0 Å². The molecule has 2 unspecified atom stereocenters. The average Bonchev–Trinajstić information content (AvgIpc) is 2.56. The lowest BCUT2D eigenvalue weighted by Gasteiger charge is -2.34. The predicted molar refractivity (Wildman–Crippen MR) is 96.4 cm³/mol. The highest BCUT2D eigenvalue weighted by atomic mass is 35.5. The third-order valence-electron chi connectivity index (χ3n) is 4.35. The Labute approximate surface area is 142 Å². The second kappa shape index (κ2) is 6.63. The van der Waals surface area contributed by atoms with Crippen LogP contribution in [-0.4, -0.2) is 18.5 Å². The molecule has 4 heteroatoms. The number of benzene rings is 2. The van der Waals surface area contributed by atoms with Gasteiger partial charge >= 0.3 is 0 Å². The van der Waals surface area contributed by atoms with Gasteiger partial charge in [-0.2, -0.15) is 0 Å². The Kier molecular flexibility index (Phi) is 4.58. The Hall–Kier alpha value is -2.00. The van der Waals surface area contributed by atoms with E-state index in [1.807, 2.05) is 60.4 Å². The average molecular weight is 329 g/mol. The van der Waals surface area contributed by atoms with Crippen LogP contribution >= 0.6 is 11.6 Å². The van der Waals surface area contributed by atoms with Crippen molar-refractivity contribution < 1.29 is 4.79 Å². The van der Waals surface area contributed by atoms with E-state index < -0.39 is 0 Å². The Morgan fingerprint density at radius 3 is 2.61 bits per heavy atom. The first kappa shape index (κ1) is 15.9. The van der Waals surface area contributed by atoms with E-state index >= 15 is 0 Å². The molecule has 1 aliphatic heterocycles. The number of rotatable bonds is 3. The normalized spacial score (nSPS) is 19.6. The van der Waals surface area contributed by atoms with E-state index in [2.05, 4.69) is 12.2 Å². The highest BCUT2D eigenvalue weighted by Crippen LogP contribution is 2.36. The topological polar surface area (TPSA) is 32.3 Å². The van der Waals surface area contributed by atoms with Gasteiger partial charge in [0.2, 0.25) is 5.91 Å². The number of carbonyl (C=O) groups excluding carboxylic acids is 1. The lowest BCUT2D eigenvalue weighted by Crippen LogP contribution is -2.39. The Bertz CT molecular complexity index is 699. The van der Waals surface area contributed by atoms with Crippen molar-refractivity contribution in [2.75, 3.05) is 16.8 Å². The summed E-state index contributed by atoms with van der Waals surface area (Å²) in [6, 6.07) is 15.8. The Balaban J connectivity index is 1.93. The van der Waals surface area contributed by atoms with E-state index in [0.29, 0.717) is 11.6 Å². The van der Waals surface area contributed by atoms with Crippen LogP contribution in [0, 0.1) is 0 Å². The molecule has 0 aliphatic carbocycles. The molecule has 0 aromatic heterocycles. The first-order chi connectivity index (χ1) is 11.1. The lowest BCUT2D eigenvalue weighted by molar-refractivity contribution is -0.120. The van der Waals surface area contributed by atoms with Gasteiger partial charge in [0.25, 0.3) is 0 Å². The van der Waals surface area contributed by atoms with Crippen LogP contribution in [0.5, 0.6) is 0 Å². The maximum absolute atomic E-state index is 13.2. The van der Waals surface area contributed by atoms with Crippen LogP contribution in [0.15, 0.2) is 48.5 Å². The van der Waals surface area contributed by atoms with Gasteiger partial charge in [-0.15, -0.1) is 0 Å². The fourth-order valence-corrected chi connectivity index (χ4v) is 3.37. The molecular formula is C19H21ClN2O. The molecule has 2 atom stereocenters. The summed E-state index contributed by atoms with van der Waals surface area (Å²) in [5.74, 6) is 0.0358. The quantitative estimate of drug-likeness (QED) is 0.887. The summed E-state index contributed by atoms with van der Waals surface area (Å²) in [6.45, 7) is 4.76. The van der Waals surface area contributed by atoms with Gasteiger partial charge in [-0.1, -0.05) is 29.8 Å². The Morgan fingerprint density at radius 1 is 1.22 bits per heavy atom. The number of amides is 1. The number of nitrogens with zero attached hydrogens (tertiary/aromatic N) is 1. The third-order valence-corrected chi connectivity index (χ3v) is 4.60. The van der Waals surface area contributed by atoms with Gasteiger partial charge in [-0.25, -0.2) is 0 Å². The van der Waals surface area contributed by atoms with Crippen LogP contribution in [0.4, 0.5) is 11.4 Å². The van der Waals surface area contributed by atoms with Crippen molar-refractivity contribution in [2.24, 2.45) is 0 Å². The summed E-state index contributed by atoms with van der Waals surface area (Å²) in [5.41, 5.74) is 3.05. The van der Waals surface area contributed by atoms with Crippen molar-refractivity contribution in [1.82, 2.24) is 0 Å². The number of carbonyl (C=O) groups is 1. The predicted octanol–water partition coefficient (Wildman–Crippen LogP) is 4.68. The van der Waals surface area contributed by atoms with E-state index in [1.165, 1.54) is 0 Å². The molecule has 0 saturated heterocycles. The van der Waals surface area contributed by atoms with Crippen LogP contribution < -0.4 is 10.2 Å². The van der Waals surface area contributed by atoms with E-state index in [1.54, 1.807) is 0 Å². The molecule has 1 amide bonds. The monoisotopic (exact) mass is 328 g/mol. The molecule has 2 aromatic carbocycles. The van der Waals surface area contributed by atoms with Crippen LogP contribution in [0.1, 0.15) is 31.7 Å². The van der Waals surface area contributed by atoms with Gasteiger partial charge in [-0.05, 0) is 56.2 Å². The van der Waals surface area contributed by atoms with Gasteiger partial charge in [-0.3, -0.25) is 4.79 Å². The van der Waals surface area contributed by atoms with Gasteiger partial charge in [0.1, 0.15) is 0 Å². The molecule has 0 radical (unpaired) electrons. The first-order valence-electron chi connectivity index (χ1n) is 8.02. The van der Waals surface area contributed by atoms with Crippen molar-refractivity contribution in [3.05, 3.63) is 59.1 Å². The summed E-state index contributed by atoms with van der Waals surface area (Å²) in [4.78, 5) is 15.0. The summed E-state index contributed by atoms with van der Waals surface area (Å²) in [7, 11) is 0. The van der Waals surface area contributed by atoms with Crippen molar-refractivity contribution in [3.8, 4) is 0 Å². The summed E-state index contributed by atoms with van der Waals surface area (Å²) in [5, 5.41) is 4.14. The van der Waals surface area contributed by atoms with Crippen LogP contribution in [-0.2, 0) is 4.79 Å². The van der Waals surface area contributed by atoms with Crippen molar-refractivity contribution in [3.63, 3.8) is 0 Å². The van der Waals surface area contributed by atoms with Gasteiger partial charge in [0.15, 0.2) is 0 Å². The highest BCUT2D eigenvalue weighted by Gasteiger charge is 2.32. The molecule has 3 rings (SSSR count). The molecule has 1 aliphatic rings. The second-order valence-electron chi connectivity index (χ2n) is 5.98. The smallest absolute Gasteiger partial charge is 0.234 e. The summed E-state index contributed by atoms with van der Waals surface area (Å²) in [6.07, 6.45) is 0.805. The third kappa shape index (κ3) is 3.20. The number of hydrogen-bond donors (Lipinski definition) is 1. The number of nitrogens with one attached hydrogen (secondary N) is 1. The van der Waals surface area contributed by atoms with Crippen molar-refractivity contribution in [1.29, 1.82) is 0 Å². The standard InChI is InChI=1S/C19H21ClN2O/c1-3-22(15-10-8-14(20)9-11-15)19(23)17-12-13(2)21-18-7-5-4-6-16(17)18/h4-11,13,17,21H,3,12H2,1-2H3. The molecule has 0 bridgehead atoms. The molecule has 0 spiro atoms. The second-order valence-corrected chi connectivity index (χ2v) is 6.42. The number of para-hydroxylation sites is 1. The van der Waals surface area contributed by atoms with E-state index in [0.717, 1.165) is 23.4 Å². The van der Waals surface area contributed by atoms with Crippen LogP contribution in [0.2, 0.25) is 5.02 Å². The van der Waals surface area contributed by atoms with Gasteiger partial charge in [0, 0.05) is 29.0 Å². The van der Waals surface area contributed by atoms with Crippen molar-refractivity contribution in [2.45, 2.75) is 32.2 Å². The summed E-state index contributed by atoms with van der Waals surface area (Å²) >= 11 is 5.96. The van der Waals surface area contributed by atoms with Crippen LogP contribution in [0.25, 0.3) is 0 Å². The molecule has 0 fully saturated rings. The number of fused-ring (bicyclic) bond motifs is 1. The van der Waals surface area contributed by atoms with Gasteiger partial charge < -0.3 is 10.2 Å².